The van der Waals surface area contributed by atoms with Gasteiger partial charge in [0.2, 0.25) is 0 Å². The summed E-state index contributed by atoms with van der Waals surface area (Å²) < 4.78 is 19.2. The summed E-state index contributed by atoms with van der Waals surface area (Å²) in [6.45, 7) is 1.95. The Bertz CT molecular complexity index is 453. The molecule has 0 aromatic carbocycles. The molecule has 0 saturated heterocycles. The number of hydrogen-bond acceptors (Lipinski definition) is 3. The number of nitrogens with zero attached hydrogens (tertiary/aromatic N) is 1. The monoisotopic (exact) mass is 299 g/mol. The fourth-order valence-electron chi connectivity index (χ4n) is 2.73. The van der Waals surface area contributed by atoms with E-state index in [1.807, 2.05) is 6.92 Å². The van der Waals surface area contributed by atoms with Gasteiger partial charge in [-0.05, 0) is 38.0 Å². The van der Waals surface area contributed by atoms with Gasteiger partial charge in [0.05, 0.1) is 11.2 Å². The topological polar surface area (TPSA) is 39.2 Å². The maximum atomic E-state index is 13.8. The van der Waals surface area contributed by atoms with Gasteiger partial charge in [-0.3, -0.25) is 9.78 Å². The fourth-order valence-corrected chi connectivity index (χ4v) is 3.03. The molecule has 0 aliphatic heterocycles. The summed E-state index contributed by atoms with van der Waals surface area (Å²) in [6, 6.07) is 0. The molecule has 0 bridgehead atoms. The summed E-state index contributed by atoms with van der Waals surface area (Å²) in [5, 5.41) is 0.386. The molecule has 0 spiro atoms. The largest absolute Gasteiger partial charge is 0.462 e. The van der Waals surface area contributed by atoms with Crippen LogP contribution in [0.3, 0.4) is 0 Å². The van der Waals surface area contributed by atoms with Crippen molar-refractivity contribution in [3.8, 4) is 0 Å². The minimum Gasteiger partial charge on any atom is -0.462 e. The molecule has 1 saturated carbocycles. The average molecular weight is 300 g/mol. The summed E-state index contributed by atoms with van der Waals surface area (Å²) in [4.78, 5) is 15.2. The maximum Gasteiger partial charge on any atom is 0.306 e. The first kappa shape index (κ1) is 15.2. The summed E-state index contributed by atoms with van der Waals surface area (Å²) in [5.41, 5.74) is 0.556. The van der Waals surface area contributed by atoms with E-state index in [4.69, 9.17) is 16.3 Å². The van der Waals surface area contributed by atoms with Crippen molar-refractivity contribution in [1.82, 2.24) is 4.98 Å². The Morgan fingerprint density at radius 3 is 2.70 bits per heavy atom. The van der Waals surface area contributed by atoms with Crippen LogP contribution in [-0.4, -0.2) is 17.1 Å². The normalized spacial score (nSPS) is 22.6. The number of pyridine rings is 1. The zero-order chi connectivity index (χ0) is 14.5. The number of ether oxygens (including phenoxy) is 1. The van der Waals surface area contributed by atoms with Crippen LogP contribution in [-0.2, 0) is 9.53 Å². The van der Waals surface area contributed by atoms with Crippen molar-refractivity contribution in [3.05, 3.63) is 28.8 Å². The van der Waals surface area contributed by atoms with Crippen molar-refractivity contribution in [2.75, 3.05) is 0 Å². The van der Waals surface area contributed by atoms with E-state index in [0.717, 1.165) is 32.1 Å². The van der Waals surface area contributed by atoms with Crippen molar-refractivity contribution in [1.29, 1.82) is 0 Å². The summed E-state index contributed by atoms with van der Waals surface area (Å²) in [7, 11) is 0. The number of carbonyl (C=O) groups is 1. The van der Waals surface area contributed by atoms with Gasteiger partial charge in [0, 0.05) is 18.2 Å². The molecule has 20 heavy (non-hydrogen) atoms. The Morgan fingerprint density at radius 1 is 1.40 bits per heavy atom. The van der Waals surface area contributed by atoms with Crippen molar-refractivity contribution < 1.29 is 13.9 Å². The third-order valence-electron chi connectivity index (χ3n) is 3.73. The lowest BCUT2D eigenvalue weighted by Gasteiger charge is -2.29. The van der Waals surface area contributed by atoms with Crippen LogP contribution in [0.2, 0.25) is 5.02 Å². The van der Waals surface area contributed by atoms with E-state index in [1.54, 1.807) is 0 Å². The van der Waals surface area contributed by atoms with E-state index in [1.165, 1.54) is 12.4 Å². The number of halogens is 2. The zero-order valence-corrected chi connectivity index (χ0v) is 12.3. The number of esters is 1. The van der Waals surface area contributed by atoms with E-state index in [0.29, 0.717) is 17.0 Å². The van der Waals surface area contributed by atoms with Crippen LogP contribution < -0.4 is 0 Å². The lowest BCUT2D eigenvalue weighted by Crippen LogP contribution is -2.24. The molecular formula is C15H19ClFNO2. The van der Waals surface area contributed by atoms with Gasteiger partial charge in [-0.1, -0.05) is 18.5 Å². The molecule has 5 heteroatoms. The zero-order valence-electron chi connectivity index (χ0n) is 11.6. The number of hydrogen-bond donors (Lipinski definition) is 0. The fraction of sp³-hybridized carbons (Fsp3) is 0.600. The SMILES string of the molecule is CCCC(=O)OC1CCC(c2c(F)cncc2Cl)CC1. The Morgan fingerprint density at radius 2 is 2.10 bits per heavy atom. The molecule has 3 nitrogen and oxygen atoms in total. The standard InChI is InChI=1S/C15H19ClFNO2/c1-2-3-14(19)20-11-6-4-10(5-7-11)15-12(16)8-18-9-13(15)17/h8-11H,2-7H2,1H3. The van der Waals surface area contributed by atoms with Crippen LogP contribution in [0.1, 0.15) is 56.9 Å². The average Bonchev–Trinajstić information content (AvgIpc) is 2.40. The molecule has 1 aliphatic rings. The first-order valence-corrected chi connectivity index (χ1v) is 7.48. The molecule has 0 radical (unpaired) electrons. The van der Waals surface area contributed by atoms with Crippen LogP contribution in [0.15, 0.2) is 12.4 Å². The highest BCUT2D eigenvalue weighted by molar-refractivity contribution is 6.31. The van der Waals surface area contributed by atoms with Gasteiger partial charge < -0.3 is 4.74 Å². The Labute approximate surface area is 123 Å². The Hall–Kier alpha value is -1.16. The minimum absolute atomic E-state index is 0.0334. The molecule has 0 atom stereocenters. The third-order valence-corrected chi connectivity index (χ3v) is 4.03. The van der Waals surface area contributed by atoms with Gasteiger partial charge in [0.15, 0.2) is 0 Å². The van der Waals surface area contributed by atoms with Gasteiger partial charge in [-0.15, -0.1) is 0 Å². The van der Waals surface area contributed by atoms with Gasteiger partial charge in [-0.25, -0.2) is 4.39 Å². The highest BCUT2D eigenvalue weighted by Crippen LogP contribution is 2.38. The number of carbonyl (C=O) groups excluding carboxylic acids is 1. The summed E-state index contributed by atoms with van der Waals surface area (Å²) in [6.07, 6.45) is 7.00. The molecule has 1 fully saturated rings. The predicted octanol–water partition coefficient (Wildman–Crippen LogP) is 4.24. The van der Waals surface area contributed by atoms with Gasteiger partial charge in [0.25, 0.3) is 0 Å². The van der Waals surface area contributed by atoms with Gasteiger partial charge >= 0.3 is 5.97 Å². The maximum absolute atomic E-state index is 13.8. The second-order valence-corrected chi connectivity index (χ2v) is 5.64. The van der Waals surface area contributed by atoms with Crippen molar-refractivity contribution in [2.45, 2.75) is 57.5 Å². The van der Waals surface area contributed by atoms with Gasteiger partial charge in [-0.2, -0.15) is 0 Å². The Balaban J connectivity index is 1.93. The molecule has 0 unspecified atom stereocenters. The smallest absolute Gasteiger partial charge is 0.306 e. The van der Waals surface area contributed by atoms with Crippen LogP contribution >= 0.6 is 11.6 Å². The van der Waals surface area contributed by atoms with Crippen molar-refractivity contribution in [2.24, 2.45) is 0 Å². The summed E-state index contributed by atoms with van der Waals surface area (Å²) >= 11 is 6.04. The van der Waals surface area contributed by atoms with Gasteiger partial charge in [0.1, 0.15) is 11.9 Å². The second-order valence-electron chi connectivity index (χ2n) is 5.23. The molecule has 1 aromatic rings. The Kier molecular flexibility index (Phi) is 5.35. The first-order chi connectivity index (χ1) is 9.61. The molecule has 2 rings (SSSR count). The van der Waals surface area contributed by atoms with Crippen LogP contribution in [0, 0.1) is 5.82 Å². The summed E-state index contributed by atoms with van der Waals surface area (Å²) in [5.74, 6) is -0.389. The van der Waals surface area contributed by atoms with Crippen LogP contribution in [0.25, 0.3) is 0 Å². The highest BCUT2D eigenvalue weighted by Gasteiger charge is 2.27. The highest BCUT2D eigenvalue weighted by atomic mass is 35.5. The third kappa shape index (κ3) is 3.69. The molecule has 0 N–H and O–H groups in total. The lowest BCUT2D eigenvalue weighted by molar-refractivity contribution is -0.150. The molecule has 1 aliphatic carbocycles. The predicted molar refractivity (Wildman–Crippen MR) is 75.2 cm³/mol. The van der Waals surface area contributed by atoms with E-state index in [9.17, 15) is 9.18 Å². The first-order valence-electron chi connectivity index (χ1n) is 7.10. The minimum atomic E-state index is -0.344. The molecule has 1 aromatic heterocycles. The van der Waals surface area contributed by atoms with E-state index < -0.39 is 0 Å². The van der Waals surface area contributed by atoms with Crippen LogP contribution in [0.5, 0.6) is 0 Å². The van der Waals surface area contributed by atoms with Crippen LogP contribution in [0.4, 0.5) is 4.39 Å². The molecule has 110 valence electrons. The number of aromatic nitrogens is 1. The second kappa shape index (κ2) is 7.02. The van der Waals surface area contributed by atoms with Crippen molar-refractivity contribution >= 4 is 17.6 Å². The number of rotatable bonds is 4. The quantitative estimate of drug-likeness (QED) is 0.780. The van der Waals surface area contributed by atoms with Crippen molar-refractivity contribution in [3.63, 3.8) is 0 Å². The molecule has 1 heterocycles. The van der Waals surface area contributed by atoms with E-state index >= 15 is 0 Å². The molecular weight excluding hydrogens is 281 g/mol. The van der Waals surface area contributed by atoms with E-state index in [2.05, 4.69) is 4.98 Å². The van der Waals surface area contributed by atoms with E-state index in [-0.39, 0.29) is 23.8 Å². The molecule has 0 amide bonds. The lowest BCUT2D eigenvalue weighted by atomic mass is 9.83.